The normalized spacial score (nSPS) is 10.4. The Morgan fingerprint density at radius 2 is 1.87 bits per heavy atom. The van der Waals surface area contributed by atoms with Gasteiger partial charge in [-0.2, -0.15) is 0 Å². The predicted molar refractivity (Wildman–Crippen MR) is 123 cm³/mol. The Morgan fingerprint density at radius 3 is 2.52 bits per heavy atom. The number of nitrogens with two attached hydrogens (primary N) is 1. The second-order valence-electron chi connectivity index (χ2n) is 6.50. The van der Waals surface area contributed by atoms with Gasteiger partial charge in [0, 0.05) is 38.3 Å². The van der Waals surface area contributed by atoms with Crippen LogP contribution >= 0.6 is 11.9 Å². The molecular weight excluding hydrogens is 416 g/mol. The third-order valence-corrected chi connectivity index (χ3v) is 5.25. The third kappa shape index (κ3) is 5.43. The Labute approximate surface area is 183 Å². The summed E-state index contributed by atoms with van der Waals surface area (Å²) in [6.45, 7) is 0.469. The maximum absolute atomic E-state index is 11.9. The van der Waals surface area contributed by atoms with Crippen LogP contribution in [0.15, 0.2) is 54.9 Å². The topological polar surface area (TPSA) is 133 Å². The van der Waals surface area contributed by atoms with Crippen LogP contribution in [0.5, 0.6) is 0 Å². The van der Waals surface area contributed by atoms with Crippen molar-refractivity contribution in [1.82, 2.24) is 9.97 Å². The first-order valence-electron chi connectivity index (χ1n) is 9.25. The van der Waals surface area contributed by atoms with Crippen molar-refractivity contribution in [2.24, 2.45) is 5.73 Å². The monoisotopic (exact) mass is 438 g/mol. The van der Waals surface area contributed by atoms with Gasteiger partial charge in [0.1, 0.15) is 11.6 Å². The molecule has 31 heavy (non-hydrogen) atoms. The van der Waals surface area contributed by atoms with Crippen molar-refractivity contribution in [3.8, 4) is 0 Å². The smallest absolute Gasteiger partial charge is 0.337 e. The van der Waals surface area contributed by atoms with Crippen molar-refractivity contribution >= 4 is 46.8 Å². The number of carboxylic acid groups (broad SMARTS) is 1. The van der Waals surface area contributed by atoms with E-state index in [2.05, 4.69) is 24.9 Å². The van der Waals surface area contributed by atoms with Crippen LogP contribution < -0.4 is 20.7 Å². The molecule has 2 heterocycles. The van der Waals surface area contributed by atoms with Gasteiger partial charge in [-0.25, -0.2) is 14.8 Å². The summed E-state index contributed by atoms with van der Waals surface area (Å²) in [5, 5.41) is 15.2. The van der Waals surface area contributed by atoms with Crippen molar-refractivity contribution in [3.05, 3.63) is 71.5 Å². The van der Waals surface area contributed by atoms with Crippen LogP contribution in [-0.4, -0.2) is 40.3 Å². The number of carbonyl (C=O) groups excluding carboxylic acids is 1. The third-order valence-electron chi connectivity index (χ3n) is 4.51. The summed E-state index contributed by atoms with van der Waals surface area (Å²) in [4.78, 5) is 31.1. The molecular formula is C21H22N6O3S. The summed E-state index contributed by atoms with van der Waals surface area (Å²) < 4.78 is 2.05. The van der Waals surface area contributed by atoms with Crippen molar-refractivity contribution in [2.45, 2.75) is 6.54 Å². The summed E-state index contributed by atoms with van der Waals surface area (Å²) in [5.74, 6) is -0.804. The molecule has 0 saturated carbocycles. The molecule has 3 aromatic rings. The van der Waals surface area contributed by atoms with Gasteiger partial charge in [0.2, 0.25) is 0 Å². The minimum Gasteiger partial charge on any atom is -0.478 e. The van der Waals surface area contributed by atoms with Gasteiger partial charge < -0.3 is 25.8 Å². The average molecular weight is 439 g/mol. The standard InChI is InChI=1S/C21H22N6O3S/c1-27(31-2)17-6-4-3-5-13(17)10-23-16-9-19(25-12-15(16)20(22)28)26-18-8-7-14(11-24-18)21(29)30/h3-9,11-12H,10H2,1-2H3,(H2,22,28)(H,29,30)(H2,23,24,25,26). The van der Waals surface area contributed by atoms with Crippen LogP contribution in [0, 0.1) is 0 Å². The van der Waals surface area contributed by atoms with Crippen molar-refractivity contribution in [1.29, 1.82) is 0 Å². The number of primary amides is 1. The number of hydrogen-bond donors (Lipinski definition) is 4. The number of rotatable bonds is 9. The lowest BCUT2D eigenvalue weighted by atomic mass is 10.1. The largest absolute Gasteiger partial charge is 0.478 e. The average Bonchev–Trinajstić information content (AvgIpc) is 2.77. The maximum atomic E-state index is 11.9. The molecule has 1 aromatic carbocycles. The molecule has 2 aromatic heterocycles. The van der Waals surface area contributed by atoms with E-state index >= 15 is 0 Å². The highest BCUT2D eigenvalue weighted by molar-refractivity contribution is 7.99. The summed E-state index contributed by atoms with van der Waals surface area (Å²) in [5.41, 5.74) is 8.48. The van der Waals surface area contributed by atoms with Crippen LogP contribution in [0.4, 0.5) is 23.0 Å². The fourth-order valence-corrected chi connectivity index (χ4v) is 3.22. The molecule has 160 valence electrons. The molecule has 0 aliphatic carbocycles. The van der Waals surface area contributed by atoms with Gasteiger partial charge in [0.05, 0.1) is 22.5 Å². The van der Waals surface area contributed by atoms with Gasteiger partial charge in [-0.3, -0.25) is 4.79 Å². The number of amides is 1. The van der Waals surface area contributed by atoms with Crippen molar-refractivity contribution in [2.75, 3.05) is 28.2 Å². The number of anilines is 4. The number of carbonyl (C=O) groups is 2. The summed E-state index contributed by atoms with van der Waals surface area (Å²) in [6.07, 6.45) is 4.63. The summed E-state index contributed by atoms with van der Waals surface area (Å²) >= 11 is 1.60. The molecule has 0 spiro atoms. The molecule has 0 fully saturated rings. The first-order chi connectivity index (χ1) is 14.9. The molecule has 0 aliphatic rings. The number of aromatic carboxylic acids is 1. The highest BCUT2D eigenvalue weighted by Gasteiger charge is 2.13. The van der Waals surface area contributed by atoms with Crippen molar-refractivity contribution < 1.29 is 14.7 Å². The SMILES string of the molecule is CSN(C)c1ccccc1CNc1cc(Nc2ccc(C(=O)O)cn2)ncc1C(N)=O. The maximum Gasteiger partial charge on any atom is 0.337 e. The lowest BCUT2D eigenvalue weighted by Gasteiger charge is -2.20. The minimum atomic E-state index is -1.05. The second-order valence-corrected chi connectivity index (χ2v) is 7.42. The van der Waals surface area contributed by atoms with E-state index in [1.54, 1.807) is 18.0 Å². The van der Waals surface area contributed by atoms with Crippen LogP contribution in [0.25, 0.3) is 0 Å². The molecule has 0 radical (unpaired) electrons. The number of benzene rings is 1. The van der Waals surface area contributed by atoms with Gasteiger partial charge in [-0.1, -0.05) is 30.1 Å². The van der Waals surface area contributed by atoms with Crippen LogP contribution in [0.1, 0.15) is 26.3 Å². The van der Waals surface area contributed by atoms with E-state index in [1.165, 1.54) is 24.5 Å². The molecule has 0 saturated heterocycles. The molecule has 0 aliphatic heterocycles. The minimum absolute atomic E-state index is 0.0822. The van der Waals surface area contributed by atoms with Crippen LogP contribution in [0.3, 0.4) is 0 Å². The van der Waals surface area contributed by atoms with Gasteiger partial charge in [0.15, 0.2) is 0 Å². The van der Waals surface area contributed by atoms with E-state index in [1.807, 2.05) is 37.6 Å². The fraction of sp³-hybridized carbons (Fsp3) is 0.143. The Morgan fingerprint density at radius 1 is 1.13 bits per heavy atom. The number of hydrogen-bond acceptors (Lipinski definition) is 8. The molecule has 10 heteroatoms. The number of aromatic nitrogens is 2. The van der Waals surface area contributed by atoms with E-state index in [0.717, 1.165) is 11.3 Å². The first kappa shape index (κ1) is 21.9. The molecule has 0 atom stereocenters. The lowest BCUT2D eigenvalue weighted by Crippen LogP contribution is -2.16. The summed E-state index contributed by atoms with van der Waals surface area (Å²) in [7, 11) is 1.98. The molecule has 5 N–H and O–H groups in total. The Kier molecular flexibility index (Phi) is 6.93. The number of para-hydroxylation sites is 1. The zero-order valence-corrected chi connectivity index (χ0v) is 17.8. The quantitative estimate of drug-likeness (QED) is 0.371. The number of pyridine rings is 2. The second kappa shape index (κ2) is 9.81. The highest BCUT2D eigenvalue weighted by Crippen LogP contribution is 2.26. The molecule has 0 bridgehead atoms. The van der Waals surface area contributed by atoms with E-state index < -0.39 is 11.9 Å². The molecule has 3 rings (SSSR count). The fourth-order valence-electron chi connectivity index (χ4n) is 2.85. The van der Waals surface area contributed by atoms with E-state index in [0.29, 0.717) is 23.9 Å². The van der Waals surface area contributed by atoms with Gasteiger partial charge >= 0.3 is 5.97 Å². The first-order valence-corrected chi connectivity index (χ1v) is 10.4. The van der Waals surface area contributed by atoms with E-state index in [4.69, 9.17) is 10.8 Å². The van der Waals surface area contributed by atoms with E-state index in [-0.39, 0.29) is 11.1 Å². The van der Waals surface area contributed by atoms with Crippen LogP contribution in [-0.2, 0) is 6.54 Å². The van der Waals surface area contributed by atoms with E-state index in [9.17, 15) is 9.59 Å². The van der Waals surface area contributed by atoms with Gasteiger partial charge in [0.25, 0.3) is 5.91 Å². The number of carboxylic acids is 1. The van der Waals surface area contributed by atoms with Gasteiger partial charge in [-0.15, -0.1) is 0 Å². The zero-order valence-electron chi connectivity index (χ0n) is 17.0. The summed E-state index contributed by atoms with van der Waals surface area (Å²) in [6, 6.07) is 12.6. The molecule has 0 unspecified atom stereocenters. The lowest BCUT2D eigenvalue weighted by molar-refractivity contribution is 0.0696. The predicted octanol–water partition coefficient (Wildman–Crippen LogP) is 3.34. The number of nitrogens with one attached hydrogen (secondary N) is 2. The molecule has 9 nitrogen and oxygen atoms in total. The Bertz CT molecular complexity index is 1090. The highest BCUT2D eigenvalue weighted by atomic mass is 32.2. The van der Waals surface area contributed by atoms with Crippen LogP contribution in [0.2, 0.25) is 0 Å². The number of nitrogens with zero attached hydrogens (tertiary/aromatic N) is 3. The Balaban J connectivity index is 1.83. The zero-order chi connectivity index (χ0) is 22.4. The molecule has 1 amide bonds. The Hall–Kier alpha value is -3.79. The van der Waals surface area contributed by atoms with Crippen molar-refractivity contribution in [3.63, 3.8) is 0 Å². The van der Waals surface area contributed by atoms with Gasteiger partial charge in [-0.05, 0) is 23.8 Å².